The maximum atomic E-state index is 12.4. The summed E-state index contributed by atoms with van der Waals surface area (Å²) >= 11 is 8.13. The number of rotatable bonds is 6. The average molecular weight is 416 g/mol. The predicted molar refractivity (Wildman–Crippen MR) is 113 cm³/mol. The van der Waals surface area contributed by atoms with Gasteiger partial charge in [0.05, 0.1) is 10.9 Å². The molecule has 138 valence electrons. The number of hydrogen-bond acceptors (Lipinski definition) is 6. The Bertz CT molecular complexity index is 1010. The van der Waals surface area contributed by atoms with E-state index in [0.717, 1.165) is 10.0 Å². The number of amides is 1. The Kier molecular flexibility index (Phi) is 6.20. The third-order valence-corrected chi connectivity index (χ3v) is 6.15. The normalized spacial score (nSPS) is 11.8. The first-order valence-electron chi connectivity index (χ1n) is 8.18. The van der Waals surface area contributed by atoms with Crippen molar-refractivity contribution >= 4 is 52.7 Å². The molecule has 3 aromatic rings. The van der Waals surface area contributed by atoms with Gasteiger partial charge in [-0.15, -0.1) is 5.10 Å². The van der Waals surface area contributed by atoms with E-state index >= 15 is 0 Å². The van der Waals surface area contributed by atoms with Crippen LogP contribution in [0.1, 0.15) is 24.2 Å². The van der Waals surface area contributed by atoms with Crippen LogP contribution in [0.2, 0.25) is 0 Å². The minimum atomic E-state index is -0.345. The van der Waals surface area contributed by atoms with Gasteiger partial charge in [-0.05, 0) is 62.5 Å². The molecule has 1 heterocycles. The lowest BCUT2D eigenvalue weighted by Crippen LogP contribution is -2.22. The SMILES string of the molecule is CC(=O)c1ccc(NC(=O)C(C)Sc2nn(-c3ccccc3)c(=S)s2)cc1. The lowest BCUT2D eigenvalue weighted by molar-refractivity contribution is -0.115. The summed E-state index contributed by atoms with van der Waals surface area (Å²) in [5.74, 6) is -0.144. The van der Waals surface area contributed by atoms with Gasteiger partial charge in [0.15, 0.2) is 14.1 Å². The molecule has 0 bridgehead atoms. The van der Waals surface area contributed by atoms with Gasteiger partial charge < -0.3 is 5.32 Å². The number of hydrogen-bond donors (Lipinski definition) is 1. The van der Waals surface area contributed by atoms with Crippen LogP contribution in [0.5, 0.6) is 0 Å². The van der Waals surface area contributed by atoms with Crippen LogP contribution in [0, 0.1) is 3.95 Å². The summed E-state index contributed by atoms with van der Waals surface area (Å²) in [7, 11) is 0. The third kappa shape index (κ3) is 4.91. The van der Waals surface area contributed by atoms with E-state index in [9.17, 15) is 9.59 Å². The van der Waals surface area contributed by atoms with E-state index in [1.54, 1.807) is 28.9 Å². The number of benzene rings is 2. The Hall–Kier alpha value is -2.29. The highest BCUT2D eigenvalue weighted by Crippen LogP contribution is 2.28. The maximum absolute atomic E-state index is 12.4. The summed E-state index contributed by atoms with van der Waals surface area (Å²) in [5.41, 5.74) is 2.16. The van der Waals surface area contributed by atoms with Crippen LogP contribution in [0.25, 0.3) is 5.69 Å². The molecule has 0 spiro atoms. The van der Waals surface area contributed by atoms with Gasteiger partial charge in [-0.25, -0.2) is 4.68 Å². The molecule has 1 amide bonds. The van der Waals surface area contributed by atoms with Gasteiger partial charge in [0.25, 0.3) is 0 Å². The summed E-state index contributed by atoms with van der Waals surface area (Å²) in [4.78, 5) is 23.8. The maximum Gasteiger partial charge on any atom is 0.237 e. The number of ketones is 1. The van der Waals surface area contributed by atoms with E-state index in [0.29, 0.717) is 15.2 Å². The number of nitrogens with one attached hydrogen (secondary N) is 1. The first kappa shape index (κ1) is 19.5. The fourth-order valence-electron chi connectivity index (χ4n) is 2.28. The van der Waals surface area contributed by atoms with E-state index in [4.69, 9.17) is 12.2 Å². The number of aromatic nitrogens is 2. The topological polar surface area (TPSA) is 64.0 Å². The molecule has 8 heteroatoms. The lowest BCUT2D eigenvalue weighted by Gasteiger charge is -2.10. The van der Waals surface area contributed by atoms with Crippen molar-refractivity contribution in [1.82, 2.24) is 9.78 Å². The quantitative estimate of drug-likeness (QED) is 0.349. The van der Waals surface area contributed by atoms with E-state index < -0.39 is 0 Å². The van der Waals surface area contributed by atoms with Crippen molar-refractivity contribution in [1.29, 1.82) is 0 Å². The van der Waals surface area contributed by atoms with Crippen molar-refractivity contribution in [3.63, 3.8) is 0 Å². The fourth-order valence-corrected chi connectivity index (χ4v) is 4.78. The Labute approximate surface area is 170 Å². The second-order valence-electron chi connectivity index (χ2n) is 5.76. The summed E-state index contributed by atoms with van der Waals surface area (Å²) in [6, 6.07) is 16.5. The molecule has 1 unspecified atom stereocenters. The van der Waals surface area contributed by atoms with Crippen molar-refractivity contribution in [3.8, 4) is 5.69 Å². The van der Waals surface area contributed by atoms with Gasteiger partial charge >= 0.3 is 0 Å². The summed E-state index contributed by atoms with van der Waals surface area (Å²) in [6.45, 7) is 3.33. The molecule has 5 nitrogen and oxygen atoms in total. The summed E-state index contributed by atoms with van der Waals surface area (Å²) < 4.78 is 3.07. The van der Waals surface area contributed by atoms with Crippen molar-refractivity contribution in [2.45, 2.75) is 23.4 Å². The zero-order chi connectivity index (χ0) is 19.4. The van der Waals surface area contributed by atoms with Gasteiger partial charge in [-0.3, -0.25) is 9.59 Å². The second kappa shape index (κ2) is 8.60. The molecule has 0 fully saturated rings. The fraction of sp³-hybridized carbons (Fsp3) is 0.158. The highest BCUT2D eigenvalue weighted by Gasteiger charge is 2.18. The molecule has 0 saturated heterocycles. The minimum Gasteiger partial charge on any atom is -0.325 e. The molecule has 1 N–H and O–H groups in total. The number of carbonyl (C=O) groups excluding carboxylic acids is 2. The molecule has 0 aliphatic heterocycles. The highest BCUT2D eigenvalue weighted by atomic mass is 32.2. The minimum absolute atomic E-state index is 0.00740. The average Bonchev–Trinajstić information content (AvgIpc) is 3.03. The largest absolute Gasteiger partial charge is 0.325 e. The third-order valence-electron chi connectivity index (χ3n) is 3.74. The molecule has 3 rings (SSSR count). The standard InChI is InChI=1S/C19H17N3O2S3/c1-12(23)14-8-10-15(11-9-14)20-17(24)13(2)26-18-21-22(19(25)27-18)16-6-4-3-5-7-16/h3-11,13H,1-2H3,(H,20,24). The van der Waals surface area contributed by atoms with Crippen LogP contribution in [0.4, 0.5) is 5.69 Å². The number of Topliss-reactive ketones (excluding diaryl/α,β-unsaturated/α-hetero) is 1. The Morgan fingerprint density at radius 2 is 1.81 bits per heavy atom. The van der Waals surface area contributed by atoms with Crippen molar-refractivity contribution in [2.24, 2.45) is 0 Å². The van der Waals surface area contributed by atoms with Gasteiger partial charge in [-0.2, -0.15) is 0 Å². The predicted octanol–water partition coefficient (Wildman–Crippen LogP) is 4.99. The molecule has 1 atom stereocenters. The van der Waals surface area contributed by atoms with Crippen LogP contribution < -0.4 is 5.32 Å². The van der Waals surface area contributed by atoms with Crippen LogP contribution >= 0.6 is 35.3 Å². The van der Waals surface area contributed by atoms with E-state index in [1.807, 2.05) is 37.3 Å². The Balaban J connectivity index is 1.66. The molecular formula is C19H17N3O2S3. The van der Waals surface area contributed by atoms with E-state index in [-0.39, 0.29) is 16.9 Å². The van der Waals surface area contributed by atoms with Crippen molar-refractivity contribution in [3.05, 3.63) is 64.1 Å². The Morgan fingerprint density at radius 1 is 1.15 bits per heavy atom. The van der Waals surface area contributed by atoms with Crippen LogP contribution in [-0.2, 0) is 4.79 Å². The van der Waals surface area contributed by atoms with Crippen molar-refractivity contribution in [2.75, 3.05) is 5.32 Å². The Morgan fingerprint density at radius 3 is 2.44 bits per heavy atom. The molecule has 0 aliphatic rings. The molecule has 0 aliphatic carbocycles. The number of para-hydroxylation sites is 1. The van der Waals surface area contributed by atoms with E-state index in [2.05, 4.69) is 10.4 Å². The van der Waals surface area contributed by atoms with Gasteiger partial charge in [0.2, 0.25) is 5.91 Å². The highest BCUT2D eigenvalue weighted by molar-refractivity contribution is 8.02. The summed E-state index contributed by atoms with van der Waals surface area (Å²) in [6.07, 6.45) is 0. The number of nitrogens with zero attached hydrogens (tertiary/aromatic N) is 2. The second-order valence-corrected chi connectivity index (χ2v) is 8.97. The zero-order valence-corrected chi connectivity index (χ0v) is 17.2. The van der Waals surface area contributed by atoms with Gasteiger partial charge in [0.1, 0.15) is 0 Å². The number of thioether (sulfide) groups is 1. The zero-order valence-electron chi connectivity index (χ0n) is 14.7. The summed E-state index contributed by atoms with van der Waals surface area (Å²) in [5, 5.41) is 7.03. The smallest absolute Gasteiger partial charge is 0.237 e. The first-order valence-corrected chi connectivity index (χ1v) is 10.3. The van der Waals surface area contributed by atoms with Crippen LogP contribution in [0.15, 0.2) is 58.9 Å². The molecule has 0 saturated carbocycles. The van der Waals surface area contributed by atoms with Crippen LogP contribution in [-0.4, -0.2) is 26.7 Å². The number of carbonyl (C=O) groups is 2. The molecule has 27 heavy (non-hydrogen) atoms. The monoisotopic (exact) mass is 415 g/mol. The first-order chi connectivity index (χ1) is 12.9. The van der Waals surface area contributed by atoms with Gasteiger partial charge in [0, 0.05) is 11.3 Å². The molecule has 1 aromatic heterocycles. The molecular weight excluding hydrogens is 398 g/mol. The van der Waals surface area contributed by atoms with E-state index in [1.165, 1.54) is 30.0 Å². The lowest BCUT2D eigenvalue weighted by atomic mass is 10.1. The number of anilines is 1. The molecule has 2 aromatic carbocycles. The van der Waals surface area contributed by atoms with Crippen LogP contribution in [0.3, 0.4) is 0 Å². The molecule has 0 radical (unpaired) electrons. The van der Waals surface area contributed by atoms with Crippen molar-refractivity contribution < 1.29 is 9.59 Å². The van der Waals surface area contributed by atoms with Gasteiger partial charge in [-0.1, -0.05) is 41.3 Å².